The summed E-state index contributed by atoms with van der Waals surface area (Å²) in [5, 5.41) is 24.0. The van der Waals surface area contributed by atoms with Crippen LogP contribution in [0, 0.1) is 13.8 Å². The van der Waals surface area contributed by atoms with Crippen LogP contribution in [0.4, 0.5) is 11.4 Å². The number of hydrogen-bond acceptors (Lipinski definition) is 7. The van der Waals surface area contributed by atoms with Gasteiger partial charge in [-0.15, -0.1) is 0 Å². The molecule has 2 aromatic rings. The third-order valence-corrected chi connectivity index (χ3v) is 6.69. The molecule has 230 valence electrons. The van der Waals surface area contributed by atoms with Gasteiger partial charge in [-0.05, 0) is 80.5 Å². The van der Waals surface area contributed by atoms with Crippen molar-refractivity contribution in [1.29, 1.82) is 0 Å². The SMILES string of the molecule is Cc1ccc(CCCCCNC(=O)C(OCCCC(=O)Nc2ccc(N(C)C)cc2)C(OCC(=O)O)C(=O)O)cc1C. The number of ether oxygens (including phenoxy) is 2. The van der Waals surface area contributed by atoms with Gasteiger partial charge in [0.2, 0.25) is 5.91 Å². The minimum atomic E-state index is -1.82. The van der Waals surface area contributed by atoms with E-state index >= 15 is 0 Å². The minimum absolute atomic E-state index is 0.0675. The van der Waals surface area contributed by atoms with E-state index in [1.54, 1.807) is 12.1 Å². The Balaban J connectivity index is 1.84. The number of anilines is 2. The van der Waals surface area contributed by atoms with Gasteiger partial charge in [-0.2, -0.15) is 0 Å². The van der Waals surface area contributed by atoms with E-state index in [4.69, 9.17) is 14.6 Å². The summed E-state index contributed by atoms with van der Waals surface area (Å²) in [6, 6.07) is 13.7. The smallest absolute Gasteiger partial charge is 0.336 e. The summed E-state index contributed by atoms with van der Waals surface area (Å²) in [6.45, 7) is 3.44. The molecule has 11 nitrogen and oxygen atoms in total. The van der Waals surface area contributed by atoms with Crippen molar-refractivity contribution < 1.29 is 38.9 Å². The molecule has 0 saturated carbocycles. The molecule has 2 rings (SSSR count). The Hall–Kier alpha value is -3.96. The Morgan fingerprint density at radius 2 is 1.57 bits per heavy atom. The monoisotopic (exact) mass is 585 g/mol. The van der Waals surface area contributed by atoms with Crippen LogP contribution in [0.15, 0.2) is 42.5 Å². The van der Waals surface area contributed by atoms with E-state index in [-0.39, 0.29) is 25.4 Å². The zero-order valence-electron chi connectivity index (χ0n) is 24.9. The predicted molar refractivity (Wildman–Crippen MR) is 160 cm³/mol. The normalized spacial score (nSPS) is 12.3. The van der Waals surface area contributed by atoms with Gasteiger partial charge in [0.25, 0.3) is 5.91 Å². The molecule has 2 aromatic carbocycles. The van der Waals surface area contributed by atoms with Crippen molar-refractivity contribution in [2.45, 2.75) is 64.6 Å². The second-order valence-corrected chi connectivity index (χ2v) is 10.4. The number of amides is 2. The number of aryl methyl sites for hydroxylation is 3. The van der Waals surface area contributed by atoms with Crippen molar-refractivity contribution in [2.24, 2.45) is 0 Å². The number of nitrogens with one attached hydrogen (secondary N) is 2. The molecule has 0 bridgehead atoms. The van der Waals surface area contributed by atoms with Gasteiger partial charge >= 0.3 is 11.9 Å². The highest BCUT2D eigenvalue weighted by Gasteiger charge is 2.36. The van der Waals surface area contributed by atoms with Crippen LogP contribution in [0.5, 0.6) is 0 Å². The quantitative estimate of drug-likeness (QED) is 0.181. The van der Waals surface area contributed by atoms with Crippen molar-refractivity contribution >= 4 is 35.1 Å². The maximum atomic E-state index is 12.9. The summed E-state index contributed by atoms with van der Waals surface area (Å²) >= 11 is 0. The first-order valence-corrected chi connectivity index (χ1v) is 14.1. The molecule has 4 N–H and O–H groups in total. The largest absolute Gasteiger partial charge is 0.480 e. The van der Waals surface area contributed by atoms with Crippen LogP contribution in [0.1, 0.15) is 48.8 Å². The van der Waals surface area contributed by atoms with E-state index in [2.05, 4.69) is 42.7 Å². The lowest BCUT2D eigenvalue weighted by molar-refractivity contribution is -0.172. The molecule has 0 saturated heterocycles. The van der Waals surface area contributed by atoms with E-state index in [0.717, 1.165) is 24.9 Å². The van der Waals surface area contributed by atoms with Crippen LogP contribution in [0.3, 0.4) is 0 Å². The first kappa shape index (κ1) is 34.2. The van der Waals surface area contributed by atoms with Gasteiger partial charge in [0.1, 0.15) is 6.61 Å². The van der Waals surface area contributed by atoms with Gasteiger partial charge in [0, 0.05) is 45.0 Å². The van der Waals surface area contributed by atoms with E-state index in [1.807, 2.05) is 31.1 Å². The second kappa shape index (κ2) is 17.8. The number of carboxylic acids is 2. The van der Waals surface area contributed by atoms with Gasteiger partial charge in [0.15, 0.2) is 12.2 Å². The summed E-state index contributed by atoms with van der Waals surface area (Å²) in [5.74, 6) is -3.88. The fraction of sp³-hybridized carbons (Fsp3) is 0.484. The molecular formula is C31H43N3O8. The number of unbranched alkanes of at least 4 members (excludes halogenated alkanes) is 2. The van der Waals surface area contributed by atoms with E-state index in [1.165, 1.54) is 16.7 Å². The molecule has 42 heavy (non-hydrogen) atoms. The number of hydrogen-bond donors (Lipinski definition) is 4. The van der Waals surface area contributed by atoms with Gasteiger partial charge in [-0.25, -0.2) is 9.59 Å². The molecule has 2 amide bonds. The lowest BCUT2D eigenvalue weighted by atomic mass is 10.0. The average molecular weight is 586 g/mol. The van der Waals surface area contributed by atoms with Crippen LogP contribution in [-0.2, 0) is 35.1 Å². The summed E-state index contributed by atoms with van der Waals surface area (Å²) < 4.78 is 10.5. The fourth-order valence-corrected chi connectivity index (χ4v) is 4.16. The molecule has 11 heteroatoms. The topological polar surface area (TPSA) is 154 Å². The number of carbonyl (C=O) groups is 4. The molecule has 0 aliphatic rings. The third-order valence-electron chi connectivity index (χ3n) is 6.69. The third kappa shape index (κ3) is 12.3. The van der Waals surface area contributed by atoms with Crippen LogP contribution in [0.2, 0.25) is 0 Å². The average Bonchev–Trinajstić information content (AvgIpc) is 2.93. The number of carbonyl (C=O) groups excluding carboxylic acids is 2. The highest BCUT2D eigenvalue weighted by molar-refractivity contribution is 5.91. The standard InChI is InChI=1S/C31H43N3O8/c1-21-11-12-23(19-22(21)2)9-6-5-7-17-32-30(38)28(29(31(39)40)42-20-27(36)37)41-18-8-10-26(35)33-24-13-15-25(16-14-24)34(3)4/h11-16,19,28-29H,5-10,17-18,20H2,1-4H3,(H,32,38)(H,33,35)(H,36,37)(H,39,40). The zero-order chi connectivity index (χ0) is 31.1. The minimum Gasteiger partial charge on any atom is -0.480 e. The molecule has 0 radical (unpaired) electrons. The van der Waals surface area contributed by atoms with Crippen molar-refractivity contribution in [2.75, 3.05) is 44.1 Å². The zero-order valence-corrected chi connectivity index (χ0v) is 24.9. The molecule has 0 spiro atoms. The molecule has 0 aliphatic carbocycles. The number of benzene rings is 2. The van der Waals surface area contributed by atoms with Crippen LogP contribution in [-0.4, -0.2) is 80.0 Å². The summed E-state index contributed by atoms with van der Waals surface area (Å²) in [5.41, 5.74) is 5.37. The van der Waals surface area contributed by atoms with Crippen molar-refractivity contribution in [3.63, 3.8) is 0 Å². The maximum Gasteiger partial charge on any atom is 0.336 e. The number of nitrogens with zero attached hydrogens (tertiary/aromatic N) is 1. The first-order chi connectivity index (χ1) is 20.0. The van der Waals surface area contributed by atoms with Crippen LogP contribution < -0.4 is 15.5 Å². The Labute approximate surface area is 247 Å². The number of carboxylic acid groups (broad SMARTS) is 2. The Morgan fingerprint density at radius 1 is 0.857 bits per heavy atom. The molecule has 0 heterocycles. The highest BCUT2D eigenvalue weighted by Crippen LogP contribution is 2.16. The molecule has 0 fully saturated rings. The van der Waals surface area contributed by atoms with Crippen molar-refractivity contribution in [3.05, 3.63) is 59.2 Å². The van der Waals surface area contributed by atoms with E-state index in [9.17, 15) is 24.3 Å². The first-order valence-electron chi connectivity index (χ1n) is 14.1. The molecule has 0 aromatic heterocycles. The molecule has 2 unspecified atom stereocenters. The van der Waals surface area contributed by atoms with Gasteiger partial charge in [-0.3, -0.25) is 9.59 Å². The molecular weight excluding hydrogens is 542 g/mol. The molecule has 0 aliphatic heterocycles. The van der Waals surface area contributed by atoms with Crippen LogP contribution in [0.25, 0.3) is 0 Å². The highest BCUT2D eigenvalue weighted by atomic mass is 16.6. The van der Waals surface area contributed by atoms with E-state index < -0.39 is 36.7 Å². The second-order valence-electron chi connectivity index (χ2n) is 10.4. The lowest BCUT2D eigenvalue weighted by Gasteiger charge is -2.23. The van der Waals surface area contributed by atoms with Gasteiger partial charge < -0.3 is 35.2 Å². The molecule has 2 atom stereocenters. The van der Waals surface area contributed by atoms with Crippen molar-refractivity contribution in [3.8, 4) is 0 Å². The Kier molecular flexibility index (Phi) is 14.5. The summed E-state index contributed by atoms with van der Waals surface area (Å²) in [7, 11) is 3.83. The summed E-state index contributed by atoms with van der Waals surface area (Å²) in [6.07, 6.45) is 0.233. The number of rotatable bonds is 19. The Bertz CT molecular complexity index is 1180. The number of aliphatic carboxylic acids is 2. The van der Waals surface area contributed by atoms with Gasteiger partial charge in [-0.1, -0.05) is 24.6 Å². The lowest BCUT2D eigenvalue weighted by Crippen LogP contribution is -2.49. The summed E-state index contributed by atoms with van der Waals surface area (Å²) in [4.78, 5) is 49.9. The van der Waals surface area contributed by atoms with Gasteiger partial charge in [0.05, 0.1) is 0 Å². The fourth-order valence-electron chi connectivity index (χ4n) is 4.16. The predicted octanol–water partition coefficient (Wildman–Crippen LogP) is 3.56. The Morgan fingerprint density at radius 3 is 2.19 bits per heavy atom. The van der Waals surface area contributed by atoms with Crippen molar-refractivity contribution in [1.82, 2.24) is 5.32 Å². The maximum absolute atomic E-state index is 12.9. The van der Waals surface area contributed by atoms with E-state index in [0.29, 0.717) is 18.7 Å². The van der Waals surface area contributed by atoms with Crippen LogP contribution >= 0.6 is 0 Å².